The average Bonchev–Trinajstić information content (AvgIpc) is 2.95. The summed E-state index contributed by atoms with van der Waals surface area (Å²) in [6.07, 6.45) is 1.51. The number of nitrogens with one attached hydrogen (secondary N) is 2. The Morgan fingerprint density at radius 2 is 1.83 bits per heavy atom. The lowest BCUT2D eigenvalue weighted by Gasteiger charge is -2.23. The van der Waals surface area contributed by atoms with Gasteiger partial charge < -0.3 is 4.98 Å². The van der Waals surface area contributed by atoms with Crippen LogP contribution in [0, 0.1) is 0 Å². The number of halogens is 1. The molecule has 0 aliphatic rings. The van der Waals surface area contributed by atoms with Crippen LogP contribution in [0.5, 0.6) is 0 Å². The Hall–Kier alpha value is -1.91. The van der Waals surface area contributed by atoms with Crippen molar-refractivity contribution in [3.8, 4) is 0 Å². The van der Waals surface area contributed by atoms with Gasteiger partial charge in [-0.25, -0.2) is 4.21 Å². The number of nitrogens with zero attached hydrogens (tertiary/aromatic N) is 1. The van der Waals surface area contributed by atoms with Crippen LogP contribution >= 0.6 is 11.6 Å². The van der Waals surface area contributed by atoms with Gasteiger partial charge in [0, 0.05) is 17.1 Å². The summed E-state index contributed by atoms with van der Waals surface area (Å²) in [5, 5.41) is 0.705. The summed E-state index contributed by atoms with van der Waals surface area (Å²) in [5.74, 6) is 0. The van der Waals surface area contributed by atoms with Gasteiger partial charge in [0.25, 0.3) is 21.3 Å². The van der Waals surface area contributed by atoms with Crippen LogP contribution in [0.15, 0.2) is 59.6 Å². The summed E-state index contributed by atoms with van der Waals surface area (Å²) in [6, 6.07) is 12.4. The normalized spacial score (nSPS) is 13.1. The van der Waals surface area contributed by atoms with Crippen LogP contribution in [0.4, 0.5) is 5.69 Å². The number of fused-ring (bicyclic) bond motifs is 1. The first-order valence-corrected chi connectivity index (χ1v) is 9.57. The number of hydrazine groups is 1. The molecule has 3 aromatic rings. The lowest BCUT2D eigenvalue weighted by molar-refractivity contribution is 0.545. The first kappa shape index (κ1) is 16.9. The maximum atomic E-state index is 12.9. The Labute approximate surface area is 145 Å². The first-order chi connectivity index (χ1) is 11.4. The van der Waals surface area contributed by atoms with E-state index in [-0.39, 0.29) is 10.6 Å². The lowest BCUT2D eigenvalue weighted by atomic mass is 10.2. The number of hydrogen-bond acceptors (Lipinski definition) is 3. The molecule has 0 saturated heterocycles. The van der Waals surface area contributed by atoms with Crippen LogP contribution in [0.3, 0.4) is 0 Å². The van der Waals surface area contributed by atoms with Crippen molar-refractivity contribution >= 4 is 49.5 Å². The highest BCUT2D eigenvalue weighted by Gasteiger charge is 2.28. The van der Waals surface area contributed by atoms with E-state index < -0.39 is 21.3 Å². The zero-order valence-electron chi connectivity index (χ0n) is 12.0. The fourth-order valence-electron chi connectivity index (χ4n) is 2.29. The molecule has 2 aromatic carbocycles. The van der Waals surface area contributed by atoms with Crippen LogP contribution in [0.25, 0.3) is 10.9 Å². The van der Waals surface area contributed by atoms with E-state index >= 15 is 0 Å². The summed E-state index contributed by atoms with van der Waals surface area (Å²) in [4.78, 5) is 4.92. The predicted octanol–water partition coefficient (Wildman–Crippen LogP) is 2.66. The van der Waals surface area contributed by atoms with Crippen LogP contribution in [-0.2, 0) is 21.3 Å². The van der Waals surface area contributed by atoms with E-state index in [1.807, 2.05) is 4.83 Å². The predicted molar refractivity (Wildman–Crippen MR) is 93.3 cm³/mol. The standard InChI is InChI=1S/C14H12ClN3O4S2/c15-11-9-16-12-7-4-8-13(14(11)12)18(17-23(19)20)24(21,22)10-5-2-1-3-6-10/h1-9,16-17H,(H,19,20). The number of sulfonamides is 1. The second-order valence-electron chi connectivity index (χ2n) is 4.76. The zero-order chi connectivity index (χ0) is 17.3. The van der Waals surface area contributed by atoms with E-state index in [4.69, 9.17) is 11.6 Å². The van der Waals surface area contributed by atoms with Crippen molar-refractivity contribution < 1.29 is 17.2 Å². The van der Waals surface area contributed by atoms with Crippen molar-refractivity contribution in [3.63, 3.8) is 0 Å². The highest BCUT2D eigenvalue weighted by molar-refractivity contribution is 7.93. The lowest BCUT2D eigenvalue weighted by Crippen LogP contribution is -2.43. The average molecular weight is 386 g/mol. The van der Waals surface area contributed by atoms with Crippen molar-refractivity contribution in [1.29, 1.82) is 0 Å². The molecular weight excluding hydrogens is 374 g/mol. The van der Waals surface area contributed by atoms with Crippen molar-refractivity contribution in [2.75, 3.05) is 4.41 Å². The Kier molecular flexibility index (Phi) is 4.61. The second-order valence-corrected chi connectivity index (χ2v) is 7.63. The van der Waals surface area contributed by atoms with Crippen molar-refractivity contribution in [2.45, 2.75) is 4.90 Å². The largest absolute Gasteiger partial charge is 0.360 e. The smallest absolute Gasteiger partial charge is 0.278 e. The van der Waals surface area contributed by atoms with Crippen LogP contribution in [-0.4, -0.2) is 22.2 Å². The number of aromatic amines is 1. The molecule has 0 radical (unpaired) electrons. The molecule has 3 rings (SSSR count). The van der Waals surface area contributed by atoms with Gasteiger partial charge in [-0.05, 0) is 24.3 Å². The molecule has 1 heterocycles. The molecule has 0 amide bonds. The molecule has 1 aromatic heterocycles. The van der Waals surface area contributed by atoms with Crippen molar-refractivity contribution in [2.24, 2.45) is 0 Å². The minimum atomic E-state index is -4.14. The molecule has 0 saturated carbocycles. The maximum absolute atomic E-state index is 12.9. The van der Waals surface area contributed by atoms with Gasteiger partial charge >= 0.3 is 0 Å². The Balaban J connectivity index is 2.24. The first-order valence-electron chi connectivity index (χ1n) is 6.64. The third-order valence-corrected chi connectivity index (χ3v) is 5.69. The third kappa shape index (κ3) is 3.04. The van der Waals surface area contributed by atoms with Gasteiger partial charge in [-0.2, -0.15) is 12.8 Å². The monoisotopic (exact) mass is 385 g/mol. The number of rotatable bonds is 5. The highest BCUT2D eigenvalue weighted by Crippen LogP contribution is 2.34. The molecule has 126 valence electrons. The van der Waals surface area contributed by atoms with Gasteiger partial charge in [-0.1, -0.05) is 35.9 Å². The Bertz CT molecular complexity index is 1010. The molecule has 3 N–H and O–H groups in total. The Morgan fingerprint density at radius 1 is 1.12 bits per heavy atom. The molecule has 0 aliphatic carbocycles. The van der Waals surface area contributed by atoms with E-state index in [0.717, 1.165) is 0 Å². The van der Waals surface area contributed by atoms with Gasteiger partial charge in [-0.15, -0.1) is 4.83 Å². The van der Waals surface area contributed by atoms with E-state index in [1.54, 1.807) is 30.3 Å². The Morgan fingerprint density at radius 3 is 2.50 bits per heavy atom. The van der Waals surface area contributed by atoms with Crippen LogP contribution in [0.1, 0.15) is 0 Å². The molecule has 10 heteroatoms. The summed E-state index contributed by atoms with van der Waals surface area (Å²) in [6.45, 7) is 0. The zero-order valence-corrected chi connectivity index (χ0v) is 14.4. The molecule has 0 spiro atoms. The van der Waals surface area contributed by atoms with Gasteiger partial charge in [0.15, 0.2) is 0 Å². The molecule has 1 atom stereocenters. The van der Waals surface area contributed by atoms with Gasteiger partial charge in [0.05, 0.1) is 15.6 Å². The van der Waals surface area contributed by atoms with Gasteiger partial charge in [0.2, 0.25) is 0 Å². The molecule has 0 bridgehead atoms. The van der Waals surface area contributed by atoms with Crippen LogP contribution < -0.4 is 9.25 Å². The minimum absolute atomic E-state index is 0.0355. The number of H-pyrrole nitrogens is 1. The fourth-order valence-corrected chi connectivity index (χ4v) is 4.49. The summed E-state index contributed by atoms with van der Waals surface area (Å²) in [5.41, 5.74) is 0.723. The quantitative estimate of drug-likeness (QED) is 0.464. The fraction of sp³-hybridized carbons (Fsp3) is 0. The van der Waals surface area contributed by atoms with E-state index in [9.17, 15) is 17.2 Å². The minimum Gasteiger partial charge on any atom is -0.360 e. The summed E-state index contributed by atoms with van der Waals surface area (Å²) in [7, 11) is -4.14. The van der Waals surface area contributed by atoms with E-state index in [1.165, 1.54) is 24.4 Å². The van der Waals surface area contributed by atoms with Crippen LogP contribution in [0.2, 0.25) is 5.02 Å². The summed E-state index contributed by atoms with van der Waals surface area (Å²) >= 11 is 3.53. The second kappa shape index (κ2) is 6.54. The highest BCUT2D eigenvalue weighted by atomic mass is 35.5. The molecule has 0 aliphatic heterocycles. The summed E-state index contributed by atoms with van der Waals surface area (Å²) < 4.78 is 46.9. The van der Waals surface area contributed by atoms with Gasteiger partial charge in [-0.3, -0.25) is 4.55 Å². The third-order valence-electron chi connectivity index (χ3n) is 3.30. The maximum Gasteiger partial charge on any atom is 0.278 e. The van der Waals surface area contributed by atoms with E-state index in [2.05, 4.69) is 4.98 Å². The number of aromatic nitrogens is 1. The molecular formula is C14H12ClN3O4S2. The van der Waals surface area contributed by atoms with Crippen molar-refractivity contribution in [1.82, 2.24) is 9.82 Å². The molecule has 7 nitrogen and oxygen atoms in total. The number of benzene rings is 2. The molecule has 24 heavy (non-hydrogen) atoms. The van der Waals surface area contributed by atoms with E-state index in [0.29, 0.717) is 20.3 Å². The number of hydrogen-bond donors (Lipinski definition) is 3. The molecule has 0 fully saturated rings. The number of anilines is 1. The van der Waals surface area contributed by atoms with Crippen molar-refractivity contribution in [3.05, 3.63) is 59.8 Å². The van der Waals surface area contributed by atoms with Gasteiger partial charge in [0.1, 0.15) is 0 Å². The topological polar surface area (TPSA) is 102 Å². The molecule has 1 unspecified atom stereocenters. The SMILES string of the molecule is O=S(O)NN(c1cccc2[nH]cc(Cl)c12)S(=O)(=O)c1ccccc1.